The van der Waals surface area contributed by atoms with E-state index in [-0.39, 0.29) is 5.78 Å². The molecule has 18 heavy (non-hydrogen) atoms. The summed E-state index contributed by atoms with van der Waals surface area (Å²) < 4.78 is 6.84. The van der Waals surface area contributed by atoms with Gasteiger partial charge in [0.15, 0.2) is 5.78 Å². The molecule has 0 saturated carbocycles. The highest BCUT2D eigenvalue weighted by atomic mass is 127. The van der Waals surface area contributed by atoms with E-state index in [0.717, 1.165) is 20.6 Å². The quantitative estimate of drug-likeness (QED) is 0.590. The number of ether oxygens (including phenoxy) is 1. The van der Waals surface area contributed by atoms with Gasteiger partial charge >= 0.3 is 0 Å². The zero-order valence-corrected chi connectivity index (χ0v) is 12.2. The molecule has 0 fully saturated rings. The Balaban J connectivity index is 2.13. The van der Waals surface area contributed by atoms with Crippen molar-refractivity contribution in [1.82, 2.24) is 0 Å². The van der Waals surface area contributed by atoms with Crippen molar-refractivity contribution in [3.8, 4) is 11.5 Å². The molecule has 0 saturated heterocycles. The van der Waals surface area contributed by atoms with Crippen LogP contribution in [0.25, 0.3) is 0 Å². The van der Waals surface area contributed by atoms with Crippen LogP contribution in [0.1, 0.15) is 23.7 Å². The molecule has 92 valence electrons. The number of carbonyl (C=O) groups excluding carboxylic acids is 1. The van der Waals surface area contributed by atoms with Crippen LogP contribution in [-0.4, -0.2) is 5.78 Å². The highest BCUT2D eigenvalue weighted by Gasteiger charge is 2.03. The van der Waals surface area contributed by atoms with Crippen molar-refractivity contribution in [3.05, 3.63) is 57.7 Å². The number of rotatable bonds is 4. The molecule has 0 aliphatic heterocycles. The molecule has 2 rings (SSSR count). The normalized spacial score (nSPS) is 10.1. The summed E-state index contributed by atoms with van der Waals surface area (Å²) in [5.74, 6) is 1.69. The van der Waals surface area contributed by atoms with Crippen LogP contribution in [0.2, 0.25) is 0 Å². The third-order valence-electron chi connectivity index (χ3n) is 2.53. The monoisotopic (exact) mass is 352 g/mol. The Labute approximate surface area is 120 Å². The summed E-state index contributed by atoms with van der Waals surface area (Å²) in [6, 6.07) is 15.1. The van der Waals surface area contributed by atoms with Crippen molar-refractivity contribution in [2.75, 3.05) is 0 Å². The Kier molecular flexibility index (Phi) is 4.36. The number of halogens is 1. The van der Waals surface area contributed by atoms with Gasteiger partial charge in [-0.1, -0.05) is 13.0 Å². The standard InChI is InChI=1S/C15H13IO2/c1-2-15(17)11-6-8-13(9-7-11)18-14-5-3-4-12(16)10-14/h3-10H,2H2,1H3. The minimum atomic E-state index is 0.149. The van der Waals surface area contributed by atoms with E-state index < -0.39 is 0 Å². The van der Waals surface area contributed by atoms with Crippen LogP contribution in [0.4, 0.5) is 0 Å². The lowest BCUT2D eigenvalue weighted by Crippen LogP contribution is -1.95. The number of benzene rings is 2. The summed E-state index contributed by atoms with van der Waals surface area (Å²) in [6.07, 6.45) is 0.525. The number of hydrogen-bond acceptors (Lipinski definition) is 2. The van der Waals surface area contributed by atoms with Crippen molar-refractivity contribution in [2.45, 2.75) is 13.3 Å². The SMILES string of the molecule is CCC(=O)c1ccc(Oc2cccc(I)c2)cc1. The van der Waals surface area contributed by atoms with Crippen LogP contribution in [0.3, 0.4) is 0 Å². The maximum atomic E-state index is 11.5. The molecule has 0 radical (unpaired) electrons. The van der Waals surface area contributed by atoms with Gasteiger partial charge < -0.3 is 4.74 Å². The molecule has 0 spiro atoms. The van der Waals surface area contributed by atoms with E-state index in [1.165, 1.54) is 0 Å². The molecular formula is C15H13IO2. The Hall–Kier alpha value is -1.36. The fraction of sp³-hybridized carbons (Fsp3) is 0.133. The molecule has 2 aromatic rings. The van der Waals surface area contributed by atoms with Crippen molar-refractivity contribution in [1.29, 1.82) is 0 Å². The first-order valence-electron chi connectivity index (χ1n) is 5.75. The molecule has 0 bridgehead atoms. The predicted molar refractivity (Wildman–Crippen MR) is 80.3 cm³/mol. The van der Waals surface area contributed by atoms with E-state index in [0.29, 0.717) is 6.42 Å². The minimum Gasteiger partial charge on any atom is -0.457 e. The second-order valence-electron chi connectivity index (χ2n) is 3.86. The summed E-state index contributed by atoms with van der Waals surface area (Å²) in [5.41, 5.74) is 0.729. The molecule has 2 aromatic carbocycles. The smallest absolute Gasteiger partial charge is 0.162 e. The fourth-order valence-electron chi connectivity index (χ4n) is 1.58. The van der Waals surface area contributed by atoms with Crippen molar-refractivity contribution < 1.29 is 9.53 Å². The molecular weight excluding hydrogens is 339 g/mol. The number of hydrogen-bond donors (Lipinski definition) is 0. The highest BCUT2D eigenvalue weighted by Crippen LogP contribution is 2.23. The topological polar surface area (TPSA) is 26.3 Å². The van der Waals surface area contributed by atoms with Crippen LogP contribution < -0.4 is 4.74 Å². The lowest BCUT2D eigenvalue weighted by atomic mass is 10.1. The molecule has 0 aromatic heterocycles. The molecule has 0 aliphatic rings. The number of ketones is 1. The van der Waals surface area contributed by atoms with Gasteiger partial charge in [-0.3, -0.25) is 4.79 Å². The third-order valence-corrected chi connectivity index (χ3v) is 3.20. The van der Waals surface area contributed by atoms with Crippen LogP contribution >= 0.6 is 22.6 Å². The van der Waals surface area contributed by atoms with Gasteiger partial charge in [-0.15, -0.1) is 0 Å². The summed E-state index contributed by atoms with van der Waals surface area (Å²) >= 11 is 2.24. The van der Waals surface area contributed by atoms with Crippen LogP contribution in [0, 0.1) is 3.57 Å². The Morgan fingerprint density at radius 2 is 1.83 bits per heavy atom. The second kappa shape index (κ2) is 6.00. The first-order chi connectivity index (χ1) is 8.69. The Bertz CT molecular complexity index is 547. The van der Waals surface area contributed by atoms with Gasteiger partial charge in [-0.2, -0.15) is 0 Å². The van der Waals surface area contributed by atoms with E-state index in [9.17, 15) is 4.79 Å². The van der Waals surface area contributed by atoms with Gasteiger partial charge in [0, 0.05) is 15.6 Å². The van der Waals surface area contributed by atoms with E-state index in [1.54, 1.807) is 12.1 Å². The van der Waals surface area contributed by atoms with Gasteiger partial charge in [-0.05, 0) is 65.1 Å². The summed E-state index contributed by atoms with van der Waals surface area (Å²) in [7, 11) is 0. The van der Waals surface area contributed by atoms with E-state index >= 15 is 0 Å². The molecule has 2 nitrogen and oxygen atoms in total. The number of Topliss-reactive ketones (excluding diaryl/α,β-unsaturated/α-hetero) is 1. The first kappa shape index (κ1) is 13.1. The molecule has 0 heterocycles. The summed E-state index contributed by atoms with van der Waals surface area (Å²) in [5, 5.41) is 0. The van der Waals surface area contributed by atoms with E-state index in [2.05, 4.69) is 22.6 Å². The fourth-order valence-corrected chi connectivity index (χ4v) is 2.09. The van der Waals surface area contributed by atoms with Crippen LogP contribution in [0.5, 0.6) is 11.5 Å². The molecule has 0 amide bonds. The zero-order chi connectivity index (χ0) is 13.0. The van der Waals surface area contributed by atoms with Crippen molar-refractivity contribution in [2.24, 2.45) is 0 Å². The highest BCUT2D eigenvalue weighted by molar-refractivity contribution is 14.1. The Morgan fingerprint density at radius 3 is 2.44 bits per heavy atom. The zero-order valence-electron chi connectivity index (χ0n) is 10.0. The maximum absolute atomic E-state index is 11.5. The summed E-state index contributed by atoms with van der Waals surface area (Å²) in [6.45, 7) is 1.86. The second-order valence-corrected chi connectivity index (χ2v) is 5.11. The summed E-state index contributed by atoms with van der Waals surface area (Å²) in [4.78, 5) is 11.5. The maximum Gasteiger partial charge on any atom is 0.162 e. The van der Waals surface area contributed by atoms with E-state index in [4.69, 9.17) is 4.74 Å². The predicted octanol–water partition coefficient (Wildman–Crippen LogP) is 4.68. The molecule has 0 aliphatic carbocycles. The van der Waals surface area contributed by atoms with Crippen molar-refractivity contribution in [3.63, 3.8) is 0 Å². The average molecular weight is 352 g/mol. The largest absolute Gasteiger partial charge is 0.457 e. The molecule has 0 N–H and O–H groups in total. The van der Waals surface area contributed by atoms with Gasteiger partial charge in [0.1, 0.15) is 11.5 Å². The molecule has 3 heteroatoms. The Morgan fingerprint density at radius 1 is 1.11 bits per heavy atom. The van der Waals surface area contributed by atoms with Crippen molar-refractivity contribution >= 4 is 28.4 Å². The average Bonchev–Trinajstić information content (AvgIpc) is 2.39. The third kappa shape index (κ3) is 3.32. The first-order valence-corrected chi connectivity index (χ1v) is 6.83. The lowest BCUT2D eigenvalue weighted by Gasteiger charge is -2.06. The van der Waals surface area contributed by atoms with Crippen LogP contribution in [0.15, 0.2) is 48.5 Å². The lowest BCUT2D eigenvalue weighted by molar-refractivity contribution is 0.0988. The minimum absolute atomic E-state index is 0.149. The van der Waals surface area contributed by atoms with Gasteiger partial charge in [-0.25, -0.2) is 0 Å². The number of carbonyl (C=O) groups is 1. The van der Waals surface area contributed by atoms with Gasteiger partial charge in [0.25, 0.3) is 0 Å². The molecule has 0 unspecified atom stereocenters. The van der Waals surface area contributed by atoms with E-state index in [1.807, 2.05) is 43.3 Å². The molecule has 0 atom stereocenters. The van der Waals surface area contributed by atoms with Gasteiger partial charge in [0.2, 0.25) is 0 Å². The van der Waals surface area contributed by atoms with Gasteiger partial charge in [0.05, 0.1) is 0 Å². The van der Waals surface area contributed by atoms with Crippen LogP contribution in [-0.2, 0) is 0 Å².